The lowest BCUT2D eigenvalue weighted by Crippen LogP contribution is -2.36. The van der Waals surface area contributed by atoms with Crippen molar-refractivity contribution in [3.63, 3.8) is 0 Å². The average Bonchev–Trinajstić information content (AvgIpc) is 3.53. The fourth-order valence-electron chi connectivity index (χ4n) is 3.23. The Labute approximate surface area is 289 Å². The summed E-state index contributed by atoms with van der Waals surface area (Å²) in [6.07, 6.45) is 1.90. The van der Waals surface area contributed by atoms with E-state index in [1.807, 2.05) is 57.2 Å². The number of nitrogens with zero attached hydrogens (tertiary/aromatic N) is 3. The number of oxazole rings is 2. The number of hydrogen-bond donors (Lipinski definition) is 1. The van der Waals surface area contributed by atoms with Crippen LogP contribution >= 0.6 is 47.8 Å². The van der Waals surface area contributed by atoms with Crippen LogP contribution in [0.5, 0.6) is 0 Å². The first-order valence-corrected chi connectivity index (χ1v) is 16.5. The second-order valence-corrected chi connectivity index (χ2v) is 14.0. The van der Waals surface area contributed by atoms with Gasteiger partial charge >= 0.3 is 24.2 Å². The first kappa shape index (κ1) is 38.0. The Kier molecular flexibility index (Phi) is 14.8. The Morgan fingerprint density at radius 1 is 0.822 bits per heavy atom. The molecule has 10 nitrogen and oxygen atoms in total. The first-order valence-electron chi connectivity index (χ1n) is 13.8. The molecule has 0 radical (unpaired) electrons. The molecule has 2 amide bonds. The van der Waals surface area contributed by atoms with Gasteiger partial charge in [-0.3, -0.25) is 0 Å². The average molecular weight is 815 g/mol. The van der Waals surface area contributed by atoms with Gasteiger partial charge in [-0.15, -0.1) is 0 Å². The van der Waals surface area contributed by atoms with Crippen LogP contribution in [-0.2, 0) is 21.3 Å². The van der Waals surface area contributed by atoms with Crippen molar-refractivity contribution in [2.75, 3.05) is 10.2 Å². The number of carbonyl (C=O) groups is 2. The first-order chi connectivity index (χ1) is 20.9. The van der Waals surface area contributed by atoms with Gasteiger partial charge in [0.1, 0.15) is 23.7 Å². The van der Waals surface area contributed by atoms with Gasteiger partial charge in [0.05, 0.1) is 17.9 Å². The zero-order valence-electron chi connectivity index (χ0n) is 26.6. The lowest BCUT2D eigenvalue weighted by atomic mass is 10.2. The zero-order valence-corrected chi connectivity index (χ0v) is 31.4. The summed E-state index contributed by atoms with van der Waals surface area (Å²) < 4.78 is 22.8. The molecule has 0 atom stereocenters. The van der Waals surface area contributed by atoms with Gasteiger partial charge in [-0.1, -0.05) is 72.1 Å². The number of amides is 2. The van der Waals surface area contributed by atoms with Crippen LogP contribution in [0.15, 0.2) is 78.8 Å². The molecule has 13 heteroatoms. The third-order valence-corrected chi connectivity index (χ3v) is 6.59. The van der Waals surface area contributed by atoms with Crippen LogP contribution in [0.2, 0.25) is 0 Å². The van der Waals surface area contributed by atoms with E-state index >= 15 is 0 Å². The van der Waals surface area contributed by atoms with Crippen molar-refractivity contribution in [3.05, 3.63) is 92.5 Å². The van der Waals surface area contributed by atoms with Gasteiger partial charge in [-0.25, -0.2) is 19.8 Å². The fourth-order valence-corrected chi connectivity index (χ4v) is 4.48. The Morgan fingerprint density at radius 3 is 1.80 bits per heavy atom. The molecule has 4 rings (SSSR count). The number of alkyl halides is 1. The molecule has 0 fully saturated rings. The number of anilines is 2. The highest BCUT2D eigenvalue weighted by Gasteiger charge is 2.27. The summed E-state index contributed by atoms with van der Waals surface area (Å²) in [6, 6.07) is 16.3. The summed E-state index contributed by atoms with van der Waals surface area (Å²) >= 11 is 10.2. The summed E-state index contributed by atoms with van der Waals surface area (Å²) in [5.41, 5.74) is 2.54. The van der Waals surface area contributed by atoms with Crippen LogP contribution in [0, 0.1) is 13.8 Å². The second-order valence-electron chi connectivity index (χ2n) is 11.7. The summed E-state index contributed by atoms with van der Waals surface area (Å²) in [5, 5.41) is 3.30. The number of aryl methyl sites for hydroxylation is 2. The van der Waals surface area contributed by atoms with Gasteiger partial charge in [0.2, 0.25) is 0 Å². The molecule has 0 saturated heterocycles. The van der Waals surface area contributed by atoms with Crippen LogP contribution < -0.4 is 10.2 Å². The van der Waals surface area contributed by atoms with Gasteiger partial charge in [0.25, 0.3) is 0 Å². The topological polar surface area (TPSA) is 120 Å². The molecule has 0 unspecified atom stereocenters. The van der Waals surface area contributed by atoms with Crippen molar-refractivity contribution in [2.45, 2.75) is 78.5 Å². The molecule has 0 bridgehead atoms. The molecule has 0 aliphatic rings. The van der Waals surface area contributed by atoms with E-state index in [0.29, 0.717) is 17.9 Å². The Balaban J connectivity index is 0.000000261. The maximum Gasteiger partial charge on any atom is 0.418 e. The number of ether oxygens (including phenoxy) is 2. The number of aromatic nitrogens is 2. The summed E-state index contributed by atoms with van der Waals surface area (Å²) in [5.74, 6) is 0. The number of benzene rings is 2. The van der Waals surface area contributed by atoms with Crippen LogP contribution in [-0.4, -0.2) is 33.4 Å². The molecule has 0 spiro atoms. The SMILES string of the molecule is BrCc1cccc(Br)c1.Cc1coc(N(Cc2cccc(Br)c2)C(=O)OC(C)(C)C)n1.Cc1coc(NC(=O)OC(C)(C)C)n1. The standard InChI is InChI=1S/C16H19BrN2O3.C9H14N2O3.C7H6Br2/c1-11-10-21-14(18-11)19(15(20)22-16(2,3)4)9-12-6-5-7-13(17)8-12;1-6-5-13-7(10-6)11-8(12)14-9(2,3)4;8-5-6-2-1-3-7(9)4-6/h5-8,10H,9H2,1-4H3;5H,1-4H3,(H,10,11,12);1-4H,5H2. The molecule has 0 aliphatic heterocycles. The lowest BCUT2D eigenvalue weighted by Gasteiger charge is -2.25. The minimum atomic E-state index is -0.589. The molecule has 0 aliphatic carbocycles. The van der Waals surface area contributed by atoms with Gasteiger partial charge in [0.15, 0.2) is 0 Å². The quantitative estimate of drug-likeness (QED) is 0.198. The van der Waals surface area contributed by atoms with Gasteiger partial charge in [-0.2, -0.15) is 9.97 Å². The third-order valence-electron chi connectivity index (χ3n) is 4.95. The molecule has 244 valence electrons. The van der Waals surface area contributed by atoms with Crippen LogP contribution in [0.3, 0.4) is 0 Å². The highest BCUT2D eigenvalue weighted by molar-refractivity contribution is 9.10. The van der Waals surface area contributed by atoms with E-state index in [-0.39, 0.29) is 12.0 Å². The molecule has 2 aromatic heterocycles. The minimum absolute atomic E-state index is 0.150. The van der Waals surface area contributed by atoms with Crippen molar-refractivity contribution in [3.8, 4) is 0 Å². The molecular formula is C32H39Br3N4O6. The Morgan fingerprint density at radius 2 is 1.36 bits per heavy atom. The molecule has 0 saturated carbocycles. The number of rotatable bonds is 5. The van der Waals surface area contributed by atoms with Crippen LogP contribution in [0.4, 0.5) is 21.6 Å². The highest BCUT2D eigenvalue weighted by atomic mass is 79.9. The predicted octanol–water partition coefficient (Wildman–Crippen LogP) is 10.4. The Bertz CT molecular complexity index is 1530. The maximum atomic E-state index is 12.4. The van der Waals surface area contributed by atoms with E-state index in [0.717, 1.165) is 19.8 Å². The summed E-state index contributed by atoms with van der Waals surface area (Å²) in [6.45, 7) is 14.7. The smallest absolute Gasteiger partial charge is 0.418 e. The van der Waals surface area contributed by atoms with Crippen molar-refractivity contribution in [2.24, 2.45) is 0 Å². The van der Waals surface area contributed by atoms with E-state index < -0.39 is 23.4 Å². The highest BCUT2D eigenvalue weighted by Crippen LogP contribution is 2.22. The lowest BCUT2D eigenvalue weighted by molar-refractivity contribution is 0.0567. The molecular weight excluding hydrogens is 776 g/mol. The largest absolute Gasteiger partial charge is 0.443 e. The van der Waals surface area contributed by atoms with Gasteiger partial charge < -0.3 is 18.3 Å². The number of hydrogen-bond acceptors (Lipinski definition) is 8. The zero-order chi connectivity index (χ0) is 33.8. The van der Waals surface area contributed by atoms with E-state index in [1.165, 1.54) is 23.0 Å². The molecule has 2 aromatic carbocycles. The van der Waals surface area contributed by atoms with E-state index in [1.54, 1.807) is 34.6 Å². The van der Waals surface area contributed by atoms with E-state index in [2.05, 4.69) is 75.2 Å². The molecule has 2 heterocycles. The van der Waals surface area contributed by atoms with E-state index in [9.17, 15) is 9.59 Å². The maximum absolute atomic E-state index is 12.4. The Hall–Kier alpha value is -3.16. The number of halogens is 3. The van der Waals surface area contributed by atoms with Crippen molar-refractivity contribution in [1.82, 2.24) is 9.97 Å². The van der Waals surface area contributed by atoms with E-state index in [4.69, 9.17) is 18.3 Å². The summed E-state index contributed by atoms with van der Waals surface area (Å²) in [7, 11) is 0. The normalized spacial score (nSPS) is 10.9. The van der Waals surface area contributed by atoms with Crippen LogP contribution in [0.25, 0.3) is 0 Å². The summed E-state index contributed by atoms with van der Waals surface area (Å²) in [4.78, 5) is 33.2. The second kappa shape index (κ2) is 17.5. The predicted molar refractivity (Wildman–Crippen MR) is 186 cm³/mol. The monoisotopic (exact) mass is 812 g/mol. The number of carbonyl (C=O) groups excluding carboxylic acids is 2. The molecule has 45 heavy (non-hydrogen) atoms. The van der Waals surface area contributed by atoms with Crippen LogP contribution in [0.1, 0.15) is 64.1 Å². The van der Waals surface area contributed by atoms with Crippen molar-refractivity contribution >= 4 is 72.0 Å². The third kappa shape index (κ3) is 15.6. The fraction of sp³-hybridized carbons (Fsp3) is 0.375. The number of nitrogens with one attached hydrogen (secondary N) is 1. The van der Waals surface area contributed by atoms with Crippen molar-refractivity contribution in [1.29, 1.82) is 0 Å². The minimum Gasteiger partial charge on any atom is -0.443 e. The molecule has 4 aromatic rings. The van der Waals surface area contributed by atoms with Crippen molar-refractivity contribution < 1.29 is 27.9 Å². The molecule has 1 N–H and O–H groups in total. The van der Waals surface area contributed by atoms with Gasteiger partial charge in [-0.05, 0) is 90.8 Å². The van der Waals surface area contributed by atoms with Gasteiger partial charge in [0, 0.05) is 14.3 Å².